The van der Waals surface area contributed by atoms with Crippen LogP contribution in [0.1, 0.15) is 24.2 Å². The fraction of sp³-hybridized carbons (Fsp3) is 0.0789. The van der Waals surface area contributed by atoms with E-state index in [0.717, 1.165) is 28.8 Å². The van der Waals surface area contributed by atoms with Crippen LogP contribution in [-0.4, -0.2) is 16.2 Å². The number of hydrogen-bond donors (Lipinski definition) is 2. The molecule has 0 saturated heterocycles. The molecule has 1 unspecified atom stereocenters. The second-order valence-corrected chi connectivity index (χ2v) is 12.2. The Labute approximate surface area is 269 Å². The molecule has 0 aliphatic rings. The van der Waals surface area contributed by atoms with E-state index in [1.807, 2.05) is 60.7 Å². The van der Waals surface area contributed by atoms with Gasteiger partial charge in [-0.25, -0.2) is 0 Å². The number of carbonyl (C=O) groups is 1. The van der Waals surface area contributed by atoms with E-state index in [1.54, 1.807) is 0 Å². The average molecular weight is 677 g/mol. The van der Waals surface area contributed by atoms with Crippen molar-refractivity contribution in [3.05, 3.63) is 175 Å². The zero-order valence-corrected chi connectivity index (χ0v) is 26.5. The molecule has 0 fully saturated rings. The van der Waals surface area contributed by atoms with Crippen LogP contribution in [0.3, 0.4) is 0 Å². The number of carboxylic acids is 1. The first-order chi connectivity index (χ1) is 20.5. The summed E-state index contributed by atoms with van der Waals surface area (Å²) in [6.07, 6.45) is 0.113. The molecule has 6 aromatic rings. The first-order valence-corrected chi connectivity index (χ1v) is 15.4. The van der Waals surface area contributed by atoms with Crippen molar-refractivity contribution in [1.82, 2.24) is 0 Å². The maximum Gasteiger partial charge on any atom is 0.300 e. The summed E-state index contributed by atoms with van der Waals surface area (Å²) < 4.78 is 0. The van der Waals surface area contributed by atoms with Crippen LogP contribution in [-0.2, 0) is 31.6 Å². The van der Waals surface area contributed by atoms with Crippen molar-refractivity contribution < 1.29 is 35.4 Å². The molecule has 1 atom stereocenters. The number of carboxylic acid groups (broad SMARTS) is 1. The van der Waals surface area contributed by atoms with Crippen LogP contribution in [0.2, 0.25) is 0 Å². The predicted octanol–water partition coefficient (Wildman–Crippen LogP) is 7.18. The second kappa shape index (κ2) is 17.9. The van der Waals surface area contributed by atoms with E-state index < -0.39 is 20.0 Å². The van der Waals surface area contributed by atoms with Gasteiger partial charge in [0.05, 0.1) is 14.0 Å². The van der Waals surface area contributed by atoms with Gasteiger partial charge in [0, 0.05) is 33.8 Å². The van der Waals surface area contributed by atoms with Gasteiger partial charge in [-0.05, 0) is 42.0 Å². The molecule has 43 heavy (non-hydrogen) atoms. The summed E-state index contributed by atoms with van der Waals surface area (Å²) in [6, 6.07) is 57.9. The monoisotopic (exact) mass is 676 g/mol. The Kier molecular flexibility index (Phi) is 14.0. The minimum atomic E-state index is -0.877. The molecule has 0 amide bonds. The Morgan fingerprint density at radius 1 is 0.628 bits per heavy atom. The quantitative estimate of drug-likeness (QED) is 0.112. The summed E-state index contributed by atoms with van der Waals surface area (Å²) in [5.74, 6) is -0.833. The summed E-state index contributed by atoms with van der Waals surface area (Å²) in [4.78, 5) is 9.00. The molecular formula is C38H35O3PPd. The molecule has 0 aliphatic carbocycles. The van der Waals surface area contributed by atoms with Crippen LogP contribution in [0.15, 0.2) is 158 Å². The fourth-order valence-electron chi connectivity index (χ4n) is 4.59. The summed E-state index contributed by atoms with van der Waals surface area (Å²) in [6.45, 7) is 1.08. The van der Waals surface area contributed by atoms with Gasteiger partial charge >= 0.3 is 0 Å². The molecule has 6 rings (SSSR count). The van der Waals surface area contributed by atoms with E-state index in [9.17, 15) is 5.11 Å². The second-order valence-electron chi connectivity index (χ2n) is 9.70. The van der Waals surface area contributed by atoms with Gasteiger partial charge in [0.15, 0.2) is 0 Å². The molecular weight excluding hydrogens is 642 g/mol. The largest absolute Gasteiger partial charge is 0.481 e. The molecule has 0 bridgehead atoms. The van der Waals surface area contributed by atoms with Crippen molar-refractivity contribution in [3.63, 3.8) is 0 Å². The van der Waals surface area contributed by atoms with E-state index in [2.05, 4.69) is 103 Å². The Morgan fingerprint density at radius 3 is 1.49 bits per heavy atom. The van der Waals surface area contributed by atoms with Crippen LogP contribution in [0.5, 0.6) is 0 Å². The molecule has 2 N–H and O–H groups in total. The average Bonchev–Trinajstić information content (AvgIpc) is 3.03. The van der Waals surface area contributed by atoms with Crippen molar-refractivity contribution in [1.29, 1.82) is 0 Å². The smallest absolute Gasteiger partial charge is 0.300 e. The molecule has 0 saturated carbocycles. The Hall–Kier alpha value is -3.90. The molecule has 5 heteroatoms. The topological polar surface area (TPSA) is 57.5 Å². The van der Waals surface area contributed by atoms with Crippen molar-refractivity contribution in [2.24, 2.45) is 0 Å². The number of rotatable bonds is 6. The molecule has 0 aromatic heterocycles. The number of aliphatic hydroxyl groups excluding tert-OH is 1. The zero-order valence-electron chi connectivity index (χ0n) is 23.9. The molecule has 6 aromatic carbocycles. The standard InChI is InChI=1S/C18H15O.C18H15P.C2H4O2.Pd/c19-18(12-14-6-2-1-3-7-14)17-11-10-15-8-4-5-9-16(15)13-17;1-4-10-16(11-5-1)19(17-12-6-2-7-13-17)18-14-8-3-9-15-18;1-2(3)4;/h1-11,18-19H,12H2;1-15H;1H3,(H,3,4);/q-1;;;/p+1. The van der Waals surface area contributed by atoms with E-state index in [0.29, 0.717) is 6.42 Å². The SMILES string of the molecule is CC(=O)O.OC(Cc1ccccc1)c1[c-]c2ccccc2cc1.[Pd].c1ccc([PH+](c2ccccc2)c2ccccc2)cc1. The first kappa shape index (κ1) is 33.6. The third kappa shape index (κ3) is 10.7. The van der Waals surface area contributed by atoms with Crippen LogP contribution in [0.25, 0.3) is 10.8 Å². The van der Waals surface area contributed by atoms with E-state index in [-0.39, 0.29) is 20.4 Å². The number of aliphatic carboxylic acids is 1. The number of fused-ring (bicyclic) bond motifs is 1. The maximum absolute atomic E-state index is 10.3. The maximum atomic E-state index is 10.3. The Balaban J connectivity index is 0.000000206. The zero-order chi connectivity index (χ0) is 29.6. The first-order valence-electron chi connectivity index (χ1n) is 13.9. The van der Waals surface area contributed by atoms with E-state index >= 15 is 0 Å². The third-order valence-corrected chi connectivity index (χ3v) is 9.23. The van der Waals surface area contributed by atoms with Gasteiger partial charge in [-0.1, -0.05) is 97.1 Å². The van der Waals surface area contributed by atoms with Crippen molar-refractivity contribution in [3.8, 4) is 0 Å². The summed E-state index contributed by atoms with van der Waals surface area (Å²) >= 11 is 0. The Morgan fingerprint density at radius 2 is 1.02 bits per heavy atom. The molecule has 220 valence electrons. The Bertz CT molecular complexity index is 1550. The van der Waals surface area contributed by atoms with Gasteiger partial charge in [0.2, 0.25) is 0 Å². The van der Waals surface area contributed by atoms with E-state index in [4.69, 9.17) is 9.90 Å². The molecule has 0 spiro atoms. The van der Waals surface area contributed by atoms with Crippen LogP contribution in [0, 0.1) is 6.07 Å². The number of benzene rings is 6. The number of aliphatic hydroxyl groups is 1. The van der Waals surface area contributed by atoms with Gasteiger partial charge in [0.1, 0.15) is 15.9 Å². The van der Waals surface area contributed by atoms with Crippen molar-refractivity contribution in [2.75, 3.05) is 0 Å². The van der Waals surface area contributed by atoms with Crippen LogP contribution >= 0.6 is 7.92 Å². The predicted molar refractivity (Wildman–Crippen MR) is 178 cm³/mol. The van der Waals surface area contributed by atoms with Gasteiger partial charge in [-0.15, -0.1) is 46.7 Å². The molecule has 0 radical (unpaired) electrons. The minimum absolute atomic E-state index is 0. The minimum Gasteiger partial charge on any atom is -0.481 e. The number of hydrogen-bond acceptors (Lipinski definition) is 2. The molecule has 3 nitrogen and oxygen atoms in total. The summed E-state index contributed by atoms with van der Waals surface area (Å²) in [5, 5.41) is 24.2. The van der Waals surface area contributed by atoms with Crippen molar-refractivity contribution in [2.45, 2.75) is 19.4 Å². The van der Waals surface area contributed by atoms with Gasteiger partial charge in [-0.3, -0.25) is 4.79 Å². The van der Waals surface area contributed by atoms with Gasteiger partial charge < -0.3 is 10.2 Å². The van der Waals surface area contributed by atoms with Gasteiger partial charge in [0.25, 0.3) is 5.97 Å². The van der Waals surface area contributed by atoms with E-state index in [1.165, 1.54) is 15.9 Å². The van der Waals surface area contributed by atoms with Gasteiger partial charge in [-0.2, -0.15) is 0 Å². The van der Waals surface area contributed by atoms with Crippen LogP contribution in [0.4, 0.5) is 0 Å². The molecule has 0 heterocycles. The normalized spacial score (nSPS) is 10.8. The third-order valence-electron chi connectivity index (χ3n) is 6.50. The summed E-state index contributed by atoms with van der Waals surface area (Å²) in [5.41, 5.74) is 1.99. The van der Waals surface area contributed by atoms with Crippen molar-refractivity contribution >= 4 is 40.6 Å². The molecule has 0 aliphatic heterocycles. The van der Waals surface area contributed by atoms with Crippen LogP contribution < -0.4 is 15.9 Å². The summed E-state index contributed by atoms with van der Waals surface area (Å²) in [7, 11) is -0.877. The fourth-order valence-corrected chi connectivity index (χ4v) is 7.17.